The lowest BCUT2D eigenvalue weighted by molar-refractivity contribution is -0.126. The Bertz CT molecular complexity index is 540. The van der Waals surface area contributed by atoms with Crippen molar-refractivity contribution in [2.24, 2.45) is 5.92 Å². The maximum Gasteiger partial charge on any atom is 0.227 e. The van der Waals surface area contributed by atoms with Crippen molar-refractivity contribution < 1.29 is 14.3 Å². The number of ether oxygens (including phenoxy) is 1. The van der Waals surface area contributed by atoms with Crippen LogP contribution in [-0.2, 0) is 14.3 Å². The molecule has 1 aliphatic rings. The van der Waals surface area contributed by atoms with E-state index in [0.717, 1.165) is 12.1 Å². The van der Waals surface area contributed by atoms with Gasteiger partial charge >= 0.3 is 0 Å². The van der Waals surface area contributed by atoms with Crippen LogP contribution in [0.25, 0.3) is 0 Å². The van der Waals surface area contributed by atoms with E-state index in [1.54, 1.807) is 12.0 Å². The summed E-state index contributed by atoms with van der Waals surface area (Å²) in [7, 11) is 1.64. The average molecular weight is 318 g/mol. The van der Waals surface area contributed by atoms with Crippen molar-refractivity contribution in [2.75, 3.05) is 31.7 Å². The molecule has 0 aromatic heterocycles. The average Bonchev–Trinajstić information content (AvgIpc) is 2.93. The monoisotopic (exact) mass is 318 g/mol. The van der Waals surface area contributed by atoms with E-state index in [9.17, 15) is 9.59 Å². The normalized spacial score (nSPS) is 17.8. The molecule has 0 bridgehead atoms. The zero-order valence-corrected chi connectivity index (χ0v) is 14.2. The molecule has 1 fully saturated rings. The van der Waals surface area contributed by atoms with Gasteiger partial charge in [0.25, 0.3) is 0 Å². The summed E-state index contributed by atoms with van der Waals surface area (Å²) >= 11 is 0. The zero-order chi connectivity index (χ0) is 16.8. The van der Waals surface area contributed by atoms with Crippen LogP contribution in [-0.4, -0.2) is 38.6 Å². The predicted octanol–water partition coefficient (Wildman–Crippen LogP) is 2.32. The molecule has 1 saturated heterocycles. The highest BCUT2D eigenvalue weighted by molar-refractivity contribution is 6.00. The summed E-state index contributed by atoms with van der Waals surface area (Å²) in [6.07, 6.45) is 1.06. The lowest BCUT2D eigenvalue weighted by Crippen LogP contribution is -2.33. The van der Waals surface area contributed by atoms with Crippen molar-refractivity contribution in [3.8, 4) is 0 Å². The Morgan fingerprint density at radius 2 is 2.04 bits per heavy atom. The predicted molar refractivity (Wildman–Crippen MR) is 90.5 cm³/mol. The van der Waals surface area contributed by atoms with Crippen LogP contribution in [0.5, 0.6) is 0 Å². The molecule has 0 saturated carbocycles. The van der Waals surface area contributed by atoms with Crippen molar-refractivity contribution in [1.29, 1.82) is 0 Å². The summed E-state index contributed by atoms with van der Waals surface area (Å²) in [5.74, 6) is 0.161. The number of carbonyl (C=O) groups is 2. The van der Waals surface area contributed by atoms with Gasteiger partial charge in [0.1, 0.15) is 0 Å². The van der Waals surface area contributed by atoms with Gasteiger partial charge in [0.2, 0.25) is 11.8 Å². The quantitative estimate of drug-likeness (QED) is 0.785. The van der Waals surface area contributed by atoms with E-state index in [4.69, 9.17) is 4.74 Å². The minimum Gasteiger partial charge on any atom is -0.385 e. The molecule has 0 unspecified atom stereocenters. The molecule has 0 aliphatic carbocycles. The number of rotatable bonds is 7. The summed E-state index contributed by atoms with van der Waals surface area (Å²) in [5.41, 5.74) is 2.11. The largest absolute Gasteiger partial charge is 0.385 e. The SMILES string of the molecule is COCCCNC(=O)[C@@H]1CC(=O)N(c2ccc(C(C)C)cc2)C1. The third-order valence-corrected chi connectivity index (χ3v) is 4.19. The third kappa shape index (κ3) is 4.55. The first-order valence-corrected chi connectivity index (χ1v) is 8.20. The summed E-state index contributed by atoms with van der Waals surface area (Å²) in [4.78, 5) is 26.1. The van der Waals surface area contributed by atoms with Crippen molar-refractivity contribution in [3.63, 3.8) is 0 Å². The van der Waals surface area contributed by atoms with Gasteiger partial charge in [-0.15, -0.1) is 0 Å². The number of carbonyl (C=O) groups excluding carboxylic acids is 2. The molecule has 126 valence electrons. The second kappa shape index (κ2) is 8.11. The number of amides is 2. The number of benzene rings is 1. The molecule has 0 spiro atoms. The molecule has 2 rings (SSSR count). The Balaban J connectivity index is 1.92. The molecule has 1 N–H and O–H groups in total. The molecule has 0 radical (unpaired) electrons. The molecular weight excluding hydrogens is 292 g/mol. The van der Waals surface area contributed by atoms with E-state index < -0.39 is 0 Å². The Kier molecular flexibility index (Phi) is 6.16. The summed E-state index contributed by atoms with van der Waals surface area (Å²) in [6, 6.07) is 8.02. The van der Waals surface area contributed by atoms with E-state index in [1.165, 1.54) is 5.56 Å². The van der Waals surface area contributed by atoms with Crippen LogP contribution in [0.1, 0.15) is 38.2 Å². The van der Waals surface area contributed by atoms with Gasteiger partial charge in [-0.05, 0) is 30.0 Å². The van der Waals surface area contributed by atoms with Gasteiger partial charge in [0.15, 0.2) is 0 Å². The maximum absolute atomic E-state index is 12.2. The van der Waals surface area contributed by atoms with Crippen LogP contribution in [0, 0.1) is 5.92 Å². The number of nitrogens with one attached hydrogen (secondary N) is 1. The molecule has 23 heavy (non-hydrogen) atoms. The summed E-state index contributed by atoms with van der Waals surface area (Å²) < 4.78 is 4.95. The lowest BCUT2D eigenvalue weighted by atomic mass is 10.0. The first-order valence-electron chi connectivity index (χ1n) is 8.20. The van der Waals surface area contributed by atoms with Crippen LogP contribution in [0.15, 0.2) is 24.3 Å². The van der Waals surface area contributed by atoms with Crippen LogP contribution in [0.2, 0.25) is 0 Å². The third-order valence-electron chi connectivity index (χ3n) is 4.19. The first-order chi connectivity index (χ1) is 11.0. The van der Waals surface area contributed by atoms with Gasteiger partial charge in [-0.1, -0.05) is 26.0 Å². The zero-order valence-electron chi connectivity index (χ0n) is 14.2. The van der Waals surface area contributed by atoms with Gasteiger partial charge in [-0.25, -0.2) is 0 Å². The van der Waals surface area contributed by atoms with Gasteiger partial charge in [-0.2, -0.15) is 0 Å². The number of methoxy groups -OCH3 is 1. The molecule has 1 atom stereocenters. The maximum atomic E-state index is 12.2. The molecule has 1 heterocycles. The van der Waals surface area contributed by atoms with Crippen LogP contribution in [0.3, 0.4) is 0 Å². The molecule has 1 aliphatic heterocycles. The van der Waals surface area contributed by atoms with Gasteiger partial charge in [0.05, 0.1) is 5.92 Å². The van der Waals surface area contributed by atoms with E-state index in [0.29, 0.717) is 25.6 Å². The van der Waals surface area contributed by atoms with Gasteiger partial charge in [0, 0.05) is 38.9 Å². The Labute approximate surface area is 138 Å². The highest BCUT2D eigenvalue weighted by Gasteiger charge is 2.34. The molecule has 1 aromatic carbocycles. The first kappa shape index (κ1) is 17.5. The minimum absolute atomic E-state index is 0.0133. The van der Waals surface area contributed by atoms with Crippen molar-refractivity contribution >= 4 is 17.5 Å². The Morgan fingerprint density at radius 3 is 2.65 bits per heavy atom. The van der Waals surface area contributed by atoms with E-state index >= 15 is 0 Å². The summed E-state index contributed by atoms with van der Waals surface area (Å²) in [6.45, 7) is 5.94. The minimum atomic E-state index is -0.269. The van der Waals surface area contributed by atoms with Crippen LogP contribution in [0.4, 0.5) is 5.69 Å². The number of anilines is 1. The van der Waals surface area contributed by atoms with Crippen LogP contribution < -0.4 is 10.2 Å². The smallest absolute Gasteiger partial charge is 0.227 e. The van der Waals surface area contributed by atoms with E-state index in [-0.39, 0.29) is 24.2 Å². The molecule has 1 aromatic rings. The number of nitrogens with zero attached hydrogens (tertiary/aromatic N) is 1. The second-order valence-corrected chi connectivity index (χ2v) is 6.29. The van der Waals surface area contributed by atoms with Gasteiger partial charge < -0.3 is 15.0 Å². The van der Waals surface area contributed by atoms with Gasteiger partial charge in [-0.3, -0.25) is 9.59 Å². The van der Waals surface area contributed by atoms with Crippen molar-refractivity contribution in [2.45, 2.75) is 32.6 Å². The fourth-order valence-electron chi connectivity index (χ4n) is 2.74. The summed E-state index contributed by atoms with van der Waals surface area (Å²) in [5, 5.41) is 2.88. The Hall–Kier alpha value is -1.88. The molecule has 5 heteroatoms. The lowest BCUT2D eigenvalue weighted by Gasteiger charge is -2.17. The highest BCUT2D eigenvalue weighted by atomic mass is 16.5. The van der Waals surface area contributed by atoms with E-state index in [2.05, 4.69) is 19.2 Å². The standard InChI is InChI=1S/C18H26N2O3/c1-13(2)14-5-7-16(8-6-14)20-12-15(11-17(20)21)18(22)19-9-4-10-23-3/h5-8,13,15H,4,9-12H2,1-3H3,(H,19,22)/t15-/m1/s1. The molecule has 5 nitrogen and oxygen atoms in total. The topological polar surface area (TPSA) is 58.6 Å². The number of hydrogen-bond donors (Lipinski definition) is 1. The van der Waals surface area contributed by atoms with Crippen LogP contribution >= 0.6 is 0 Å². The van der Waals surface area contributed by atoms with Crippen molar-refractivity contribution in [1.82, 2.24) is 5.32 Å². The highest BCUT2D eigenvalue weighted by Crippen LogP contribution is 2.26. The van der Waals surface area contributed by atoms with Crippen molar-refractivity contribution in [3.05, 3.63) is 29.8 Å². The Morgan fingerprint density at radius 1 is 1.35 bits per heavy atom. The molecule has 2 amide bonds. The molecular formula is C18H26N2O3. The number of hydrogen-bond acceptors (Lipinski definition) is 3. The fourth-order valence-corrected chi connectivity index (χ4v) is 2.74. The fraction of sp³-hybridized carbons (Fsp3) is 0.556. The van der Waals surface area contributed by atoms with E-state index in [1.807, 2.05) is 24.3 Å². The second-order valence-electron chi connectivity index (χ2n) is 6.29.